The van der Waals surface area contributed by atoms with Crippen LogP contribution in [0.2, 0.25) is 0 Å². The van der Waals surface area contributed by atoms with E-state index in [1.165, 1.54) is 24.5 Å². The Balaban J connectivity index is 2.16. The zero-order valence-corrected chi connectivity index (χ0v) is 12.7. The zero-order valence-electron chi connectivity index (χ0n) is 12.7. The van der Waals surface area contributed by atoms with E-state index < -0.39 is 0 Å². The third-order valence-electron chi connectivity index (χ3n) is 5.00. The lowest BCUT2D eigenvalue weighted by Crippen LogP contribution is -2.44. The molecule has 0 N–H and O–H groups in total. The fourth-order valence-corrected chi connectivity index (χ4v) is 3.68. The number of esters is 1. The second kappa shape index (κ2) is 5.15. The lowest BCUT2D eigenvalue weighted by atomic mass is 9.52. The Labute approximate surface area is 116 Å². The standard InChI is InChI=1S/C17H26O2/c1-11-7-9-16(19-13(3)18)12(2)6-8-15-14(11)10-17(15,4)5/h6,14-16H,1,7-10H2,2-5H3/b12-6-/t14-,15-,16?/m1/s1. The Morgan fingerprint density at radius 3 is 2.74 bits per heavy atom. The van der Waals surface area contributed by atoms with Gasteiger partial charge in [-0.3, -0.25) is 4.79 Å². The fraction of sp³-hybridized carbons (Fsp3) is 0.706. The van der Waals surface area contributed by atoms with Gasteiger partial charge < -0.3 is 4.74 Å². The first-order chi connectivity index (χ1) is 8.81. The highest BCUT2D eigenvalue weighted by Gasteiger charge is 2.47. The predicted octanol–water partition coefficient (Wildman–Crippen LogP) is 4.27. The van der Waals surface area contributed by atoms with Gasteiger partial charge in [-0.25, -0.2) is 0 Å². The molecule has 19 heavy (non-hydrogen) atoms. The van der Waals surface area contributed by atoms with Gasteiger partial charge in [0.1, 0.15) is 6.10 Å². The third-order valence-corrected chi connectivity index (χ3v) is 5.00. The molecule has 1 saturated carbocycles. The highest BCUT2D eigenvalue weighted by atomic mass is 16.5. The number of fused-ring (bicyclic) bond motifs is 1. The van der Waals surface area contributed by atoms with Crippen molar-refractivity contribution >= 4 is 5.97 Å². The Hall–Kier alpha value is -1.05. The van der Waals surface area contributed by atoms with Gasteiger partial charge in [0.25, 0.3) is 0 Å². The summed E-state index contributed by atoms with van der Waals surface area (Å²) >= 11 is 0. The van der Waals surface area contributed by atoms with Crippen molar-refractivity contribution in [3.8, 4) is 0 Å². The fourth-order valence-electron chi connectivity index (χ4n) is 3.68. The van der Waals surface area contributed by atoms with Gasteiger partial charge in [-0.1, -0.05) is 32.1 Å². The topological polar surface area (TPSA) is 26.3 Å². The van der Waals surface area contributed by atoms with Crippen LogP contribution in [-0.4, -0.2) is 12.1 Å². The Morgan fingerprint density at radius 2 is 2.16 bits per heavy atom. The van der Waals surface area contributed by atoms with E-state index in [-0.39, 0.29) is 12.1 Å². The van der Waals surface area contributed by atoms with Gasteiger partial charge in [-0.05, 0) is 55.4 Å². The molecule has 2 nitrogen and oxygen atoms in total. The van der Waals surface area contributed by atoms with E-state index >= 15 is 0 Å². The number of hydrogen-bond acceptors (Lipinski definition) is 2. The van der Waals surface area contributed by atoms with Crippen LogP contribution in [0.3, 0.4) is 0 Å². The molecule has 0 aromatic rings. The molecule has 2 rings (SSSR count). The summed E-state index contributed by atoms with van der Waals surface area (Å²) in [6.45, 7) is 12.6. The van der Waals surface area contributed by atoms with E-state index in [1.54, 1.807) is 0 Å². The molecule has 106 valence electrons. The average molecular weight is 262 g/mol. The minimum absolute atomic E-state index is 0.0603. The maximum atomic E-state index is 11.2. The van der Waals surface area contributed by atoms with Gasteiger partial charge in [0, 0.05) is 6.92 Å². The normalized spacial score (nSPS) is 36.7. The molecule has 2 aliphatic rings. The van der Waals surface area contributed by atoms with Crippen molar-refractivity contribution < 1.29 is 9.53 Å². The summed E-state index contributed by atoms with van der Waals surface area (Å²) in [4.78, 5) is 11.2. The molecule has 2 heteroatoms. The second-order valence-electron chi connectivity index (χ2n) is 6.88. The summed E-state index contributed by atoms with van der Waals surface area (Å²) < 4.78 is 5.44. The molecule has 0 bridgehead atoms. The molecule has 0 aliphatic heterocycles. The van der Waals surface area contributed by atoms with Crippen LogP contribution in [0.1, 0.15) is 53.4 Å². The molecule has 0 aromatic carbocycles. The maximum absolute atomic E-state index is 11.2. The molecule has 1 unspecified atom stereocenters. The lowest BCUT2D eigenvalue weighted by Gasteiger charge is -2.52. The molecule has 0 saturated heterocycles. The van der Waals surface area contributed by atoms with E-state index in [9.17, 15) is 4.79 Å². The van der Waals surface area contributed by atoms with Crippen LogP contribution in [0.5, 0.6) is 0 Å². The predicted molar refractivity (Wildman–Crippen MR) is 77.7 cm³/mol. The van der Waals surface area contributed by atoms with E-state index in [1.807, 2.05) is 0 Å². The second-order valence-corrected chi connectivity index (χ2v) is 6.88. The summed E-state index contributed by atoms with van der Waals surface area (Å²) in [6.07, 6.45) is 6.41. The van der Waals surface area contributed by atoms with Crippen molar-refractivity contribution in [2.75, 3.05) is 0 Å². The molecule has 3 atom stereocenters. The van der Waals surface area contributed by atoms with Crippen LogP contribution in [0.25, 0.3) is 0 Å². The van der Waals surface area contributed by atoms with Gasteiger partial charge in [0.2, 0.25) is 0 Å². The Bertz CT molecular complexity index is 417. The molecule has 0 radical (unpaired) electrons. The molecular weight excluding hydrogens is 236 g/mol. The first-order valence-electron chi connectivity index (χ1n) is 7.33. The zero-order chi connectivity index (χ0) is 14.2. The third kappa shape index (κ3) is 2.93. The molecule has 0 heterocycles. The van der Waals surface area contributed by atoms with Crippen molar-refractivity contribution in [3.05, 3.63) is 23.8 Å². The quantitative estimate of drug-likeness (QED) is 0.521. The summed E-state index contributed by atoms with van der Waals surface area (Å²) in [5, 5.41) is 0. The van der Waals surface area contributed by atoms with Crippen LogP contribution >= 0.6 is 0 Å². The number of hydrogen-bond donors (Lipinski definition) is 0. The van der Waals surface area contributed by atoms with E-state index in [0.29, 0.717) is 17.3 Å². The minimum Gasteiger partial charge on any atom is -0.458 e. The largest absolute Gasteiger partial charge is 0.458 e. The Kier molecular flexibility index (Phi) is 3.89. The number of carbonyl (C=O) groups is 1. The summed E-state index contributed by atoms with van der Waals surface area (Å²) in [5.74, 6) is 1.17. The number of ether oxygens (including phenoxy) is 1. The summed E-state index contributed by atoms with van der Waals surface area (Å²) in [7, 11) is 0. The highest BCUT2D eigenvalue weighted by molar-refractivity contribution is 5.66. The SMILES string of the molecule is C=C1CCC(OC(C)=O)/C(C)=C\C[C@@H]2[C@@H]1CC2(C)C. The van der Waals surface area contributed by atoms with Gasteiger partial charge in [-0.2, -0.15) is 0 Å². The van der Waals surface area contributed by atoms with Crippen LogP contribution in [0.4, 0.5) is 0 Å². The summed E-state index contributed by atoms with van der Waals surface area (Å²) in [6, 6.07) is 0. The molecule has 0 amide bonds. The van der Waals surface area contributed by atoms with E-state index in [4.69, 9.17) is 4.74 Å². The molecule has 0 aromatic heterocycles. The van der Waals surface area contributed by atoms with E-state index in [2.05, 4.69) is 33.4 Å². The molecule has 2 aliphatic carbocycles. The van der Waals surface area contributed by atoms with Gasteiger partial charge in [-0.15, -0.1) is 0 Å². The van der Waals surface area contributed by atoms with Crippen molar-refractivity contribution in [2.45, 2.75) is 59.5 Å². The van der Waals surface area contributed by atoms with Gasteiger partial charge >= 0.3 is 5.97 Å². The van der Waals surface area contributed by atoms with Crippen LogP contribution < -0.4 is 0 Å². The molecule has 1 fully saturated rings. The minimum atomic E-state index is -0.189. The van der Waals surface area contributed by atoms with Gasteiger partial charge in [0.05, 0.1) is 0 Å². The molecule has 0 spiro atoms. The van der Waals surface area contributed by atoms with E-state index in [0.717, 1.165) is 19.3 Å². The van der Waals surface area contributed by atoms with Crippen LogP contribution in [0, 0.1) is 17.3 Å². The smallest absolute Gasteiger partial charge is 0.303 e. The monoisotopic (exact) mass is 262 g/mol. The van der Waals surface area contributed by atoms with Crippen LogP contribution in [-0.2, 0) is 9.53 Å². The van der Waals surface area contributed by atoms with Crippen molar-refractivity contribution in [1.82, 2.24) is 0 Å². The number of allylic oxidation sites excluding steroid dienone is 2. The Morgan fingerprint density at radius 1 is 1.47 bits per heavy atom. The summed E-state index contributed by atoms with van der Waals surface area (Å²) in [5.41, 5.74) is 2.97. The number of rotatable bonds is 1. The van der Waals surface area contributed by atoms with Crippen molar-refractivity contribution in [3.63, 3.8) is 0 Å². The van der Waals surface area contributed by atoms with Gasteiger partial charge in [0.15, 0.2) is 0 Å². The van der Waals surface area contributed by atoms with Crippen molar-refractivity contribution in [2.24, 2.45) is 17.3 Å². The number of carbonyl (C=O) groups excluding carboxylic acids is 1. The first-order valence-corrected chi connectivity index (χ1v) is 7.33. The first kappa shape index (κ1) is 14.4. The van der Waals surface area contributed by atoms with Crippen LogP contribution in [0.15, 0.2) is 23.8 Å². The maximum Gasteiger partial charge on any atom is 0.303 e. The highest BCUT2D eigenvalue weighted by Crippen LogP contribution is 2.56. The lowest BCUT2D eigenvalue weighted by molar-refractivity contribution is -0.144. The average Bonchev–Trinajstić information content (AvgIpc) is 2.33. The van der Waals surface area contributed by atoms with Crippen molar-refractivity contribution in [1.29, 1.82) is 0 Å². The molecular formula is C17H26O2.